The number of fused-ring (bicyclic) bond motifs is 2. The maximum Gasteiger partial charge on any atom is 0.336 e. The number of amides is 1. The van der Waals surface area contributed by atoms with Crippen LogP contribution < -0.4 is 10.9 Å². The van der Waals surface area contributed by atoms with Gasteiger partial charge >= 0.3 is 5.63 Å². The molecule has 0 aliphatic carbocycles. The summed E-state index contributed by atoms with van der Waals surface area (Å²) in [7, 11) is 0. The van der Waals surface area contributed by atoms with Crippen LogP contribution in [0.25, 0.3) is 21.2 Å². The average Bonchev–Trinajstić information content (AvgIpc) is 2.97. The molecule has 26 heavy (non-hydrogen) atoms. The Morgan fingerprint density at radius 2 is 2.12 bits per heavy atom. The molecule has 2 heterocycles. The minimum atomic E-state index is -0.468. The molecule has 0 atom stereocenters. The fourth-order valence-electron chi connectivity index (χ4n) is 2.83. The van der Waals surface area contributed by atoms with Crippen LogP contribution >= 0.6 is 22.9 Å². The van der Waals surface area contributed by atoms with E-state index in [2.05, 4.69) is 10.3 Å². The zero-order chi connectivity index (χ0) is 18.3. The van der Waals surface area contributed by atoms with E-state index < -0.39 is 5.63 Å². The summed E-state index contributed by atoms with van der Waals surface area (Å²) in [5.41, 5.74) is 2.30. The zero-order valence-corrected chi connectivity index (χ0v) is 15.3. The second-order valence-electron chi connectivity index (χ2n) is 5.90. The lowest BCUT2D eigenvalue weighted by Gasteiger charge is -2.06. The first kappa shape index (κ1) is 16.8. The van der Waals surface area contributed by atoms with Crippen LogP contribution in [0.4, 0.5) is 5.13 Å². The van der Waals surface area contributed by atoms with Crippen molar-refractivity contribution in [2.45, 2.75) is 13.3 Å². The maximum atomic E-state index is 12.5. The van der Waals surface area contributed by atoms with Crippen LogP contribution in [0.3, 0.4) is 0 Å². The Balaban J connectivity index is 1.62. The molecule has 0 aliphatic heterocycles. The molecule has 4 aromatic rings. The Morgan fingerprint density at radius 3 is 2.96 bits per heavy atom. The summed E-state index contributed by atoms with van der Waals surface area (Å²) in [6.45, 7) is 1.86. The Morgan fingerprint density at radius 1 is 1.27 bits per heavy atom. The monoisotopic (exact) mass is 384 g/mol. The quantitative estimate of drug-likeness (QED) is 0.526. The summed E-state index contributed by atoms with van der Waals surface area (Å²) < 4.78 is 6.17. The highest BCUT2D eigenvalue weighted by Crippen LogP contribution is 2.28. The first-order valence-electron chi connectivity index (χ1n) is 7.88. The third kappa shape index (κ3) is 3.21. The highest BCUT2D eigenvalue weighted by Gasteiger charge is 2.13. The Labute approximate surface area is 157 Å². The fraction of sp³-hybridized carbons (Fsp3) is 0.105. The fourth-order valence-corrected chi connectivity index (χ4v) is 3.98. The van der Waals surface area contributed by atoms with E-state index in [0.29, 0.717) is 21.3 Å². The third-order valence-corrected chi connectivity index (χ3v) is 5.17. The number of hydrogen-bond donors (Lipinski definition) is 1. The summed E-state index contributed by atoms with van der Waals surface area (Å²) in [6, 6.07) is 12.3. The third-order valence-electron chi connectivity index (χ3n) is 4.00. The van der Waals surface area contributed by atoms with E-state index >= 15 is 0 Å². The molecule has 0 fully saturated rings. The number of anilines is 1. The van der Waals surface area contributed by atoms with Gasteiger partial charge in [0, 0.05) is 16.5 Å². The highest BCUT2D eigenvalue weighted by molar-refractivity contribution is 7.22. The van der Waals surface area contributed by atoms with Crippen molar-refractivity contribution in [1.82, 2.24) is 4.98 Å². The molecular weight excluding hydrogens is 372 g/mol. The first-order chi connectivity index (χ1) is 12.5. The number of thiazole rings is 1. The topological polar surface area (TPSA) is 72.2 Å². The minimum Gasteiger partial charge on any atom is -0.422 e. The summed E-state index contributed by atoms with van der Waals surface area (Å²) in [4.78, 5) is 28.7. The van der Waals surface area contributed by atoms with Gasteiger partial charge in [-0.15, -0.1) is 0 Å². The van der Waals surface area contributed by atoms with Gasteiger partial charge < -0.3 is 9.73 Å². The van der Waals surface area contributed by atoms with Gasteiger partial charge in [0.2, 0.25) is 5.91 Å². The Hall–Kier alpha value is -2.70. The molecule has 5 nitrogen and oxygen atoms in total. The van der Waals surface area contributed by atoms with E-state index in [-0.39, 0.29) is 12.3 Å². The molecule has 0 unspecified atom stereocenters. The lowest BCUT2D eigenvalue weighted by molar-refractivity contribution is -0.115. The van der Waals surface area contributed by atoms with Gasteiger partial charge in [-0.2, -0.15) is 0 Å². The molecule has 130 valence electrons. The second-order valence-corrected chi connectivity index (χ2v) is 7.37. The normalized spacial score (nSPS) is 11.2. The molecule has 0 saturated heterocycles. The molecule has 0 aliphatic rings. The van der Waals surface area contributed by atoms with Crippen molar-refractivity contribution in [2.24, 2.45) is 0 Å². The van der Waals surface area contributed by atoms with Crippen LogP contribution in [0.2, 0.25) is 5.02 Å². The summed E-state index contributed by atoms with van der Waals surface area (Å²) in [5.74, 6) is -0.247. The van der Waals surface area contributed by atoms with Gasteiger partial charge in [-0.1, -0.05) is 41.1 Å². The first-order valence-corrected chi connectivity index (χ1v) is 9.07. The number of benzene rings is 2. The van der Waals surface area contributed by atoms with E-state index in [4.69, 9.17) is 16.0 Å². The van der Waals surface area contributed by atoms with Crippen molar-refractivity contribution in [3.05, 3.63) is 69.0 Å². The van der Waals surface area contributed by atoms with E-state index in [1.165, 1.54) is 17.4 Å². The highest BCUT2D eigenvalue weighted by atomic mass is 35.5. The molecule has 2 aromatic carbocycles. The van der Waals surface area contributed by atoms with Crippen LogP contribution in [0.15, 0.2) is 51.7 Å². The predicted molar refractivity (Wildman–Crippen MR) is 104 cm³/mol. The van der Waals surface area contributed by atoms with Crippen molar-refractivity contribution < 1.29 is 9.21 Å². The molecule has 7 heteroatoms. The Kier molecular flexibility index (Phi) is 4.22. The Bertz CT molecular complexity index is 1210. The maximum absolute atomic E-state index is 12.5. The minimum absolute atomic E-state index is 0.0578. The number of aryl methyl sites for hydroxylation is 1. The van der Waals surface area contributed by atoms with Crippen LogP contribution in [0.1, 0.15) is 11.1 Å². The van der Waals surface area contributed by atoms with E-state index in [0.717, 1.165) is 21.2 Å². The van der Waals surface area contributed by atoms with Gasteiger partial charge in [-0.25, -0.2) is 9.78 Å². The molecule has 1 amide bonds. The van der Waals surface area contributed by atoms with Gasteiger partial charge in [-0.3, -0.25) is 4.79 Å². The molecular formula is C19H13ClN2O3S. The zero-order valence-electron chi connectivity index (χ0n) is 13.7. The number of para-hydroxylation sites is 1. The summed E-state index contributed by atoms with van der Waals surface area (Å²) in [5, 5.41) is 4.67. The number of nitrogens with one attached hydrogen (secondary N) is 1. The summed E-state index contributed by atoms with van der Waals surface area (Å²) in [6.07, 6.45) is 0.0578. The van der Waals surface area contributed by atoms with Crippen molar-refractivity contribution in [3.8, 4) is 0 Å². The largest absolute Gasteiger partial charge is 0.422 e. The SMILES string of the molecule is Cc1cccc2c(CC(=O)Nc3nc4ccc(Cl)cc4s3)cc(=O)oc12. The van der Waals surface area contributed by atoms with Crippen LogP contribution in [0, 0.1) is 6.92 Å². The van der Waals surface area contributed by atoms with Gasteiger partial charge in [0.05, 0.1) is 16.6 Å². The van der Waals surface area contributed by atoms with Crippen molar-refractivity contribution in [1.29, 1.82) is 0 Å². The number of hydrogen-bond acceptors (Lipinski definition) is 5. The summed E-state index contributed by atoms with van der Waals surface area (Å²) >= 11 is 7.33. The lowest BCUT2D eigenvalue weighted by atomic mass is 10.0. The smallest absolute Gasteiger partial charge is 0.336 e. The van der Waals surface area contributed by atoms with Gasteiger partial charge in [-0.05, 0) is 36.2 Å². The number of rotatable bonds is 3. The number of nitrogens with zero attached hydrogens (tertiary/aromatic N) is 1. The molecule has 0 spiro atoms. The van der Waals surface area contributed by atoms with Gasteiger partial charge in [0.25, 0.3) is 0 Å². The van der Waals surface area contributed by atoms with Gasteiger partial charge in [0.1, 0.15) is 5.58 Å². The number of carbonyl (C=O) groups excluding carboxylic acids is 1. The number of carbonyl (C=O) groups is 1. The van der Waals surface area contributed by atoms with E-state index in [1.54, 1.807) is 6.07 Å². The van der Waals surface area contributed by atoms with Crippen molar-refractivity contribution >= 4 is 55.2 Å². The molecule has 4 rings (SSSR count). The van der Waals surface area contributed by atoms with E-state index in [9.17, 15) is 9.59 Å². The second kappa shape index (κ2) is 6.55. The lowest BCUT2D eigenvalue weighted by Crippen LogP contribution is -2.15. The number of aromatic nitrogens is 1. The predicted octanol–water partition coefficient (Wildman–Crippen LogP) is 4.55. The molecule has 0 bridgehead atoms. The van der Waals surface area contributed by atoms with E-state index in [1.807, 2.05) is 37.3 Å². The van der Waals surface area contributed by atoms with Gasteiger partial charge in [0.15, 0.2) is 5.13 Å². The van der Waals surface area contributed by atoms with Crippen LogP contribution in [-0.4, -0.2) is 10.9 Å². The standard InChI is InChI=1S/C19H13ClN2O3S/c1-10-3-2-4-13-11(8-17(24)25-18(10)13)7-16(23)22-19-21-14-6-5-12(20)9-15(14)26-19/h2-6,8-9H,7H2,1H3,(H,21,22,23). The average molecular weight is 385 g/mol. The van der Waals surface area contributed by atoms with Crippen LogP contribution in [-0.2, 0) is 11.2 Å². The van der Waals surface area contributed by atoms with Crippen molar-refractivity contribution in [2.75, 3.05) is 5.32 Å². The molecule has 0 radical (unpaired) electrons. The molecule has 0 saturated carbocycles. The molecule has 1 N–H and O–H groups in total. The van der Waals surface area contributed by atoms with Crippen LogP contribution in [0.5, 0.6) is 0 Å². The van der Waals surface area contributed by atoms with Crippen molar-refractivity contribution in [3.63, 3.8) is 0 Å². The molecule has 2 aromatic heterocycles. The number of halogens is 1.